The van der Waals surface area contributed by atoms with Gasteiger partial charge >= 0.3 is 0 Å². The second-order valence-corrected chi connectivity index (χ2v) is 9.29. The lowest BCUT2D eigenvalue weighted by molar-refractivity contribution is -0.0276. The molecule has 0 spiro atoms. The second kappa shape index (κ2) is 7.46. The highest BCUT2D eigenvalue weighted by Crippen LogP contribution is 2.42. The standard InChI is InChI=1S/C23H27N5O4/c1-22(2)13-27(7-8-31-22)18-10-19-15(11-23(3,14-29)32-19)9-17(18)26-21(30)16-12-25-28-6-4-5-24-20(16)28/h4-6,9-10,12,29H,7-8,11,13-14H2,1-3H3,(H,26,30)/t23-/m1/s1. The number of aromatic nitrogens is 3. The number of carbonyl (C=O) groups is 1. The summed E-state index contributed by atoms with van der Waals surface area (Å²) in [4.78, 5) is 19.7. The summed E-state index contributed by atoms with van der Waals surface area (Å²) in [5, 5.41) is 17.1. The molecule has 1 fully saturated rings. The number of amides is 1. The molecule has 1 saturated heterocycles. The number of anilines is 2. The van der Waals surface area contributed by atoms with Crippen molar-refractivity contribution < 1.29 is 19.4 Å². The number of aliphatic hydroxyl groups excluding tert-OH is 1. The summed E-state index contributed by atoms with van der Waals surface area (Å²) in [6.07, 6.45) is 5.48. The van der Waals surface area contributed by atoms with E-state index < -0.39 is 5.60 Å². The zero-order valence-corrected chi connectivity index (χ0v) is 18.5. The van der Waals surface area contributed by atoms with Gasteiger partial charge in [-0.1, -0.05) is 0 Å². The molecule has 0 unspecified atom stereocenters. The Bertz CT molecular complexity index is 1190. The van der Waals surface area contributed by atoms with Gasteiger partial charge in [-0.25, -0.2) is 9.50 Å². The molecule has 1 aromatic carbocycles. The molecule has 9 heteroatoms. The van der Waals surface area contributed by atoms with E-state index >= 15 is 0 Å². The van der Waals surface area contributed by atoms with Crippen molar-refractivity contribution in [3.63, 3.8) is 0 Å². The van der Waals surface area contributed by atoms with Gasteiger partial charge in [0.2, 0.25) is 0 Å². The van der Waals surface area contributed by atoms with Crippen molar-refractivity contribution in [1.29, 1.82) is 0 Å². The van der Waals surface area contributed by atoms with E-state index in [0.717, 1.165) is 17.0 Å². The van der Waals surface area contributed by atoms with Crippen LogP contribution in [0.5, 0.6) is 5.75 Å². The number of rotatable bonds is 4. The number of carbonyl (C=O) groups excluding carboxylic acids is 1. The van der Waals surface area contributed by atoms with Crippen LogP contribution >= 0.6 is 0 Å². The number of nitrogens with zero attached hydrogens (tertiary/aromatic N) is 4. The molecule has 2 N–H and O–H groups in total. The lowest BCUT2D eigenvalue weighted by atomic mass is 9.99. The van der Waals surface area contributed by atoms with Gasteiger partial charge in [-0.05, 0) is 32.9 Å². The molecule has 1 amide bonds. The van der Waals surface area contributed by atoms with Crippen LogP contribution in [0.3, 0.4) is 0 Å². The molecule has 9 nitrogen and oxygen atoms in total. The van der Waals surface area contributed by atoms with Crippen LogP contribution in [0, 0.1) is 0 Å². The van der Waals surface area contributed by atoms with Gasteiger partial charge in [-0.3, -0.25) is 4.79 Å². The Morgan fingerprint density at radius 3 is 2.94 bits per heavy atom. The number of nitrogens with one attached hydrogen (secondary N) is 1. The predicted molar refractivity (Wildman–Crippen MR) is 119 cm³/mol. The largest absolute Gasteiger partial charge is 0.484 e. The van der Waals surface area contributed by atoms with E-state index in [4.69, 9.17) is 9.47 Å². The van der Waals surface area contributed by atoms with Gasteiger partial charge in [-0.2, -0.15) is 5.10 Å². The summed E-state index contributed by atoms with van der Waals surface area (Å²) in [6.45, 7) is 7.85. The highest BCUT2D eigenvalue weighted by molar-refractivity contribution is 6.09. The van der Waals surface area contributed by atoms with Gasteiger partial charge in [0.25, 0.3) is 5.91 Å². The number of morpholine rings is 1. The quantitative estimate of drug-likeness (QED) is 0.646. The Balaban J connectivity index is 1.53. The first kappa shape index (κ1) is 20.7. The molecule has 4 heterocycles. The highest BCUT2D eigenvalue weighted by Gasteiger charge is 2.36. The molecule has 1 atom stereocenters. The fourth-order valence-electron chi connectivity index (χ4n) is 4.40. The molecule has 0 saturated carbocycles. The fraction of sp³-hybridized carbons (Fsp3) is 0.435. The number of hydrogen-bond acceptors (Lipinski definition) is 7. The van der Waals surface area contributed by atoms with Crippen molar-refractivity contribution in [3.8, 4) is 5.75 Å². The highest BCUT2D eigenvalue weighted by atomic mass is 16.5. The molecule has 168 valence electrons. The average Bonchev–Trinajstić information content (AvgIpc) is 3.33. The number of benzene rings is 1. The maximum atomic E-state index is 13.2. The summed E-state index contributed by atoms with van der Waals surface area (Å²) in [5.74, 6) is 0.452. The number of fused-ring (bicyclic) bond motifs is 2. The lowest BCUT2D eigenvalue weighted by Gasteiger charge is -2.40. The number of aliphatic hydroxyl groups is 1. The summed E-state index contributed by atoms with van der Waals surface area (Å²) < 4.78 is 13.5. The Morgan fingerprint density at radius 1 is 1.31 bits per heavy atom. The molecular weight excluding hydrogens is 410 g/mol. The van der Waals surface area contributed by atoms with Gasteiger partial charge in [-0.15, -0.1) is 0 Å². The molecule has 2 aliphatic rings. The van der Waals surface area contributed by atoms with Crippen LogP contribution in [0.25, 0.3) is 5.65 Å². The summed E-state index contributed by atoms with van der Waals surface area (Å²) in [7, 11) is 0. The first-order chi connectivity index (χ1) is 15.3. The van der Waals surface area contributed by atoms with E-state index in [9.17, 15) is 9.90 Å². The van der Waals surface area contributed by atoms with Crippen LogP contribution in [-0.2, 0) is 11.2 Å². The maximum Gasteiger partial charge on any atom is 0.261 e. The Labute approximate surface area is 186 Å². The third-order valence-electron chi connectivity index (χ3n) is 5.97. The van der Waals surface area contributed by atoms with Crippen molar-refractivity contribution in [3.05, 3.63) is 47.9 Å². The minimum absolute atomic E-state index is 0.0860. The smallest absolute Gasteiger partial charge is 0.261 e. The molecule has 2 aromatic heterocycles. The number of ether oxygens (including phenoxy) is 2. The zero-order chi connectivity index (χ0) is 22.5. The van der Waals surface area contributed by atoms with Crippen LogP contribution < -0.4 is 15.0 Å². The van der Waals surface area contributed by atoms with Crippen LogP contribution in [0.2, 0.25) is 0 Å². The van der Waals surface area contributed by atoms with E-state index in [2.05, 4.69) is 34.1 Å². The first-order valence-electron chi connectivity index (χ1n) is 10.7. The Hall–Kier alpha value is -3.17. The SMILES string of the molecule is CC1(C)CN(c2cc3c(cc2NC(=O)c2cnn4cccnc24)C[C@](C)(CO)O3)CCO1. The average molecular weight is 438 g/mol. The van der Waals surface area contributed by atoms with Gasteiger partial charge < -0.3 is 24.8 Å². The number of hydrogen-bond donors (Lipinski definition) is 2. The van der Waals surface area contributed by atoms with Crippen LogP contribution in [0.4, 0.5) is 11.4 Å². The topological polar surface area (TPSA) is 101 Å². The monoisotopic (exact) mass is 437 g/mol. The normalized spacial score (nSPS) is 21.9. The van der Waals surface area contributed by atoms with Crippen LogP contribution in [-0.4, -0.2) is 63.1 Å². The van der Waals surface area contributed by atoms with E-state index in [1.165, 1.54) is 6.20 Å². The molecular formula is C23H27N5O4. The van der Waals surface area contributed by atoms with Crippen molar-refractivity contribution in [2.75, 3.05) is 36.5 Å². The minimum atomic E-state index is -0.668. The van der Waals surface area contributed by atoms with Crippen molar-refractivity contribution in [1.82, 2.24) is 14.6 Å². The lowest BCUT2D eigenvalue weighted by Crippen LogP contribution is -2.48. The third-order valence-corrected chi connectivity index (χ3v) is 5.97. The van der Waals surface area contributed by atoms with Crippen LogP contribution in [0.1, 0.15) is 36.7 Å². The summed E-state index contributed by atoms with van der Waals surface area (Å²) in [5.41, 5.74) is 2.41. The van der Waals surface area contributed by atoms with Gasteiger partial charge in [0.15, 0.2) is 5.65 Å². The van der Waals surface area contributed by atoms with E-state index in [-0.39, 0.29) is 18.1 Å². The molecule has 0 bridgehead atoms. The zero-order valence-electron chi connectivity index (χ0n) is 18.5. The summed E-state index contributed by atoms with van der Waals surface area (Å²) in [6, 6.07) is 5.67. The molecule has 0 radical (unpaired) electrons. The molecule has 2 aliphatic heterocycles. The second-order valence-electron chi connectivity index (χ2n) is 9.29. The van der Waals surface area contributed by atoms with Crippen molar-refractivity contribution in [2.24, 2.45) is 0 Å². The predicted octanol–water partition coefficient (Wildman–Crippen LogP) is 2.28. The molecule has 3 aromatic rings. The van der Waals surface area contributed by atoms with Crippen molar-refractivity contribution >= 4 is 22.9 Å². The Kier molecular flexibility index (Phi) is 4.83. The minimum Gasteiger partial charge on any atom is -0.484 e. The first-order valence-corrected chi connectivity index (χ1v) is 10.7. The van der Waals surface area contributed by atoms with E-state index in [0.29, 0.717) is 43.0 Å². The van der Waals surface area contributed by atoms with Gasteiger partial charge in [0, 0.05) is 43.5 Å². The van der Waals surface area contributed by atoms with Crippen molar-refractivity contribution in [2.45, 2.75) is 38.4 Å². The maximum absolute atomic E-state index is 13.2. The van der Waals surface area contributed by atoms with Crippen LogP contribution in [0.15, 0.2) is 36.8 Å². The third kappa shape index (κ3) is 3.67. The summed E-state index contributed by atoms with van der Waals surface area (Å²) >= 11 is 0. The van der Waals surface area contributed by atoms with Gasteiger partial charge in [0.1, 0.15) is 16.9 Å². The van der Waals surface area contributed by atoms with Gasteiger partial charge in [0.05, 0.1) is 36.4 Å². The Morgan fingerprint density at radius 2 is 2.16 bits per heavy atom. The van der Waals surface area contributed by atoms with E-state index in [1.807, 2.05) is 19.1 Å². The molecule has 32 heavy (non-hydrogen) atoms. The fourth-order valence-corrected chi connectivity index (χ4v) is 4.40. The molecule has 0 aliphatic carbocycles. The van der Waals surface area contributed by atoms with E-state index in [1.54, 1.807) is 23.0 Å². The molecule has 5 rings (SSSR count).